The molecule has 5 rings (SSSR count). The number of fused-ring (bicyclic) bond motifs is 2. The number of ether oxygens (including phenoxy) is 5. The molecule has 164 valence electrons. The Bertz CT molecular complexity index is 918. The molecular formula is C20H26N2O6S2. The van der Waals surface area contributed by atoms with Crippen molar-refractivity contribution in [1.82, 2.24) is 9.97 Å². The smallest absolute Gasteiger partial charge is 0.234 e. The third-order valence-electron chi connectivity index (χ3n) is 5.67. The zero-order valence-electron chi connectivity index (χ0n) is 17.2. The van der Waals surface area contributed by atoms with E-state index in [9.17, 15) is 5.11 Å². The second-order valence-corrected chi connectivity index (χ2v) is 9.89. The largest absolute Gasteiger partial charge is 0.359 e. The van der Waals surface area contributed by atoms with Crippen LogP contribution in [0.15, 0.2) is 16.7 Å². The summed E-state index contributed by atoms with van der Waals surface area (Å²) in [6.07, 6.45) is 4.58. The molecule has 30 heavy (non-hydrogen) atoms. The molecule has 5 atom stereocenters. The molecule has 5 heterocycles. The molecule has 2 unspecified atom stereocenters. The number of hydrogen-bond acceptors (Lipinski definition) is 10. The van der Waals surface area contributed by atoms with Crippen LogP contribution >= 0.6 is 23.1 Å². The highest BCUT2D eigenvalue weighted by atomic mass is 32.2. The minimum absolute atomic E-state index is 0.246. The molecule has 3 aliphatic rings. The number of aliphatic hydroxyl groups is 1. The van der Waals surface area contributed by atoms with Gasteiger partial charge in [-0.3, -0.25) is 0 Å². The summed E-state index contributed by atoms with van der Waals surface area (Å²) < 4.78 is 30.1. The maximum absolute atomic E-state index is 11.8. The van der Waals surface area contributed by atoms with Crippen LogP contribution in [0.25, 0.3) is 10.9 Å². The van der Waals surface area contributed by atoms with Crippen molar-refractivity contribution in [2.75, 3.05) is 19.5 Å². The van der Waals surface area contributed by atoms with E-state index >= 15 is 0 Å². The number of thioether (sulfide) groups is 1. The summed E-state index contributed by atoms with van der Waals surface area (Å²) in [6.45, 7) is 4.64. The van der Waals surface area contributed by atoms with Gasteiger partial charge in [-0.2, -0.15) is 0 Å². The fourth-order valence-corrected chi connectivity index (χ4v) is 6.01. The molecule has 0 spiro atoms. The lowest BCUT2D eigenvalue weighted by Crippen LogP contribution is -2.40. The molecule has 0 aromatic carbocycles. The molecule has 0 bridgehead atoms. The molecular weight excluding hydrogens is 428 g/mol. The standard InChI is InChI=1S/C20H26N2O6S2/c1-19(2)27-15-12(8-25-13-6-4-5-7-24-13)26-20(23,16(15)28-19)17-14-11(9-30-17)18(29-3)22-10-21-14/h9-10,12-13,15-16,23H,4-8H2,1-3H3/t12-,13?,15-,16-,20?/m1/s1. The zero-order valence-corrected chi connectivity index (χ0v) is 18.8. The fourth-order valence-electron chi connectivity index (χ4n) is 4.34. The van der Waals surface area contributed by atoms with Crippen molar-refractivity contribution < 1.29 is 28.8 Å². The molecule has 3 saturated heterocycles. The van der Waals surface area contributed by atoms with Crippen LogP contribution in [0.5, 0.6) is 0 Å². The predicted octanol–water partition coefficient (Wildman–Crippen LogP) is 3.02. The zero-order chi connectivity index (χ0) is 20.9. The van der Waals surface area contributed by atoms with E-state index in [1.807, 2.05) is 25.5 Å². The average molecular weight is 455 g/mol. The second-order valence-electron chi connectivity index (χ2n) is 8.21. The molecule has 0 radical (unpaired) electrons. The van der Waals surface area contributed by atoms with Crippen LogP contribution in [0, 0.1) is 0 Å². The van der Waals surface area contributed by atoms with E-state index < -0.39 is 29.9 Å². The van der Waals surface area contributed by atoms with Crippen LogP contribution in [-0.2, 0) is 29.5 Å². The Labute approximate surface area is 183 Å². The first-order valence-corrected chi connectivity index (χ1v) is 12.3. The van der Waals surface area contributed by atoms with Crippen LogP contribution in [-0.4, -0.2) is 64.9 Å². The van der Waals surface area contributed by atoms with Gasteiger partial charge in [-0.25, -0.2) is 9.97 Å². The van der Waals surface area contributed by atoms with E-state index in [1.165, 1.54) is 17.7 Å². The van der Waals surface area contributed by atoms with Crippen LogP contribution < -0.4 is 0 Å². The van der Waals surface area contributed by atoms with Crippen molar-refractivity contribution >= 4 is 34.0 Å². The van der Waals surface area contributed by atoms with Gasteiger partial charge in [0, 0.05) is 17.4 Å². The van der Waals surface area contributed by atoms with Gasteiger partial charge in [-0.15, -0.1) is 23.1 Å². The third-order valence-corrected chi connectivity index (χ3v) is 7.46. The maximum atomic E-state index is 11.8. The minimum atomic E-state index is -1.68. The Balaban J connectivity index is 1.45. The van der Waals surface area contributed by atoms with Gasteiger partial charge >= 0.3 is 0 Å². The van der Waals surface area contributed by atoms with Crippen molar-refractivity contribution in [2.24, 2.45) is 0 Å². The van der Waals surface area contributed by atoms with Crippen LogP contribution in [0.1, 0.15) is 38.0 Å². The van der Waals surface area contributed by atoms with Crippen LogP contribution in [0.4, 0.5) is 0 Å². The third kappa shape index (κ3) is 3.57. The lowest BCUT2D eigenvalue weighted by Gasteiger charge is -2.30. The van der Waals surface area contributed by atoms with Gasteiger partial charge in [0.05, 0.1) is 17.0 Å². The van der Waals surface area contributed by atoms with E-state index in [0.29, 0.717) is 17.0 Å². The maximum Gasteiger partial charge on any atom is 0.234 e. The van der Waals surface area contributed by atoms with Gasteiger partial charge in [0.2, 0.25) is 5.79 Å². The van der Waals surface area contributed by atoms with Crippen LogP contribution in [0.3, 0.4) is 0 Å². The quantitative estimate of drug-likeness (QED) is 0.540. The molecule has 0 aliphatic carbocycles. The molecule has 1 N–H and O–H groups in total. The van der Waals surface area contributed by atoms with Gasteiger partial charge in [-0.05, 0) is 39.4 Å². The Hall–Kier alpha value is -0.850. The van der Waals surface area contributed by atoms with Gasteiger partial charge in [0.15, 0.2) is 12.1 Å². The second kappa shape index (κ2) is 7.93. The Morgan fingerprint density at radius 2 is 2.13 bits per heavy atom. The molecule has 0 saturated carbocycles. The lowest BCUT2D eigenvalue weighted by molar-refractivity contribution is -0.288. The van der Waals surface area contributed by atoms with Gasteiger partial charge in [0.25, 0.3) is 0 Å². The molecule has 8 nitrogen and oxygen atoms in total. The van der Waals surface area contributed by atoms with E-state index in [0.717, 1.165) is 29.7 Å². The predicted molar refractivity (Wildman–Crippen MR) is 111 cm³/mol. The number of rotatable bonds is 5. The molecule has 3 fully saturated rings. The fraction of sp³-hybridized carbons (Fsp3) is 0.700. The highest BCUT2D eigenvalue weighted by Gasteiger charge is 2.64. The van der Waals surface area contributed by atoms with Crippen LogP contribution in [0.2, 0.25) is 0 Å². The number of hydrogen-bond donors (Lipinski definition) is 1. The summed E-state index contributed by atoms with van der Waals surface area (Å²) in [6, 6.07) is 0. The van der Waals surface area contributed by atoms with Crippen molar-refractivity contribution in [3.05, 3.63) is 16.6 Å². The summed E-state index contributed by atoms with van der Waals surface area (Å²) in [4.78, 5) is 9.35. The Morgan fingerprint density at radius 1 is 1.27 bits per heavy atom. The summed E-state index contributed by atoms with van der Waals surface area (Å²) in [5, 5.41) is 15.5. The van der Waals surface area contributed by atoms with Crippen molar-refractivity contribution in [3.8, 4) is 0 Å². The number of nitrogens with zero attached hydrogens (tertiary/aromatic N) is 2. The SMILES string of the molecule is CSc1ncnc2c(C3(O)O[C@H](COC4CCCCO4)[C@H]4OC(C)(C)O[C@H]43)scc12. The first kappa shape index (κ1) is 21.0. The summed E-state index contributed by atoms with van der Waals surface area (Å²) in [5.41, 5.74) is 0.672. The summed E-state index contributed by atoms with van der Waals surface area (Å²) >= 11 is 2.93. The highest BCUT2D eigenvalue weighted by Crippen LogP contribution is 2.51. The Kier molecular flexibility index (Phi) is 5.56. The van der Waals surface area contributed by atoms with E-state index in [1.54, 1.807) is 11.8 Å². The van der Waals surface area contributed by atoms with Gasteiger partial charge < -0.3 is 28.8 Å². The molecule has 10 heteroatoms. The van der Waals surface area contributed by atoms with E-state index in [4.69, 9.17) is 23.7 Å². The molecule has 2 aromatic rings. The molecule has 3 aliphatic heterocycles. The number of thiophene rings is 1. The number of aromatic nitrogens is 2. The average Bonchev–Trinajstić information content (AvgIpc) is 3.39. The summed E-state index contributed by atoms with van der Waals surface area (Å²) in [7, 11) is 0. The van der Waals surface area contributed by atoms with Crippen molar-refractivity contribution in [2.45, 2.75) is 74.3 Å². The monoisotopic (exact) mass is 454 g/mol. The van der Waals surface area contributed by atoms with E-state index in [2.05, 4.69) is 9.97 Å². The Morgan fingerprint density at radius 3 is 2.90 bits per heavy atom. The first-order chi connectivity index (χ1) is 14.4. The molecule has 2 aromatic heterocycles. The minimum Gasteiger partial charge on any atom is -0.359 e. The summed E-state index contributed by atoms with van der Waals surface area (Å²) in [5.74, 6) is -2.52. The topological polar surface area (TPSA) is 92.2 Å². The molecule has 0 amide bonds. The van der Waals surface area contributed by atoms with Gasteiger partial charge in [-0.1, -0.05) is 0 Å². The van der Waals surface area contributed by atoms with Crippen molar-refractivity contribution in [3.63, 3.8) is 0 Å². The highest BCUT2D eigenvalue weighted by molar-refractivity contribution is 7.98. The normalized spacial score (nSPS) is 35.7. The van der Waals surface area contributed by atoms with E-state index in [-0.39, 0.29) is 12.9 Å². The first-order valence-electron chi connectivity index (χ1n) is 10.2. The van der Waals surface area contributed by atoms with Gasteiger partial charge in [0.1, 0.15) is 29.7 Å². The lowest BCUT2D eigenvalue weighted by atomic mass is 10.0. The van der Waals surface area contributed by atoms with Crippen molar-refractivity contribution in [1.29, 1.82) is 0 Å².